The van der Waals surface area contributed by atoms with Crippen molar-refractivity contribution >= 4 is 57.2 Å². The number of ether oxygens (including phenoxy) is 1. The number of methoxy groups -OCH3 is 1. The van der Waals surface area contributed by atoms with Crippen LogP contribution in [-0.4, -0.2) is 31.2 Å². The van der Waals surface area contributed by atoms with Gasteiger partial charge in [0.15, 0.2) is 5.11 Å². The van der Waals surface area contributed by atoms with E-state index in [4.69, 9.17) is 17.0 Å². The Kier molecular flexibility index (Phi) is 7.65. The van der Waals surface area contributed by atoms with Gasteiger partial charge in [-0.05, 0) is 91.1 Å². The van der Waals surface area contributed by atoms with E-state index in [2.05, 4.69) is 52.0 Å². The zero-order valence-electron chi connectivity index (χ0n) is 15.0. The first-order chi connectivity index (χ1) is 12.5. The number of amides is 1. The van der Waals surface area contributed by atoms with Crippen molar-refractivity contribution in [3.05, 3.63) is 51.6 Å². The Labute approximate surface area is 173 Å². The summed E-state index contributed by atoms with van der Waals surface area (Å²) in [5, 5.41) is 5.99. The van der Waals surface area contributed by atoms with E-state index in [-0.39, 0.29) is 11.0 Å². The predicted molar refractivity (Wildman–Crippen MR) is 119 cm³/mol. The normalized spacial score (nSPS) is 10.2. The van der Waals surface area contributed by atoms with E-state index >= 15 is 0 Å². The first kappa shape index (κ1) is 20.4. The second kappa shape index (κ2) is 9.72. The van der Waals surface area contributed by atoms with Crippen LogP contribution in [0.5, 0.6) is 5.75 Å². The lowest BCUT2D eigenvalue weighted by molar-refractivity contribution is 0.0977. The van der Waals surface area contributed by atoms with Crippen LogP contribution in [0, 0.1) is 3.57 Å². The highest BCUT2D eigenvalue weighted by atomic mass is 127. The number of nitrogens with zero attached hydrogens (tertiary/aromatic N) is 1. The van der Waals surface area contributed by atoms with Crippen LogP contribution in [0.25, 0.3) is 0 Å². The average Bonchev–Trinajstić information content (AvgIpc) is 2.63. The van der Waals surface area contributed by atoms with Gasteiger partial charge in [0.05, 0.1) is 10.7 Å². The van der Waals surface area contributed by atoms with E-state index in [1.54, 1.807) is 25.3 Å². The molecule has 0 saturated carbocycles. The minimum atomic E-state index is -0.261. The number of rotatable bonds is 6. The average molecular weight is 483 g/mol. The fourth-order valence-corrected chi connectivity index (χ4v) is 3.44. The molecule has 0 aliphatic rings. The van der Waals surface area contributed by atoms with Crippen LogP contribution < -0.4 is 20.3 Å². The van der Waals surface area contributed by atoms with Gasteiger partial charge in [-0.15, -0.1) is 0 Å². The molecule has 5 nitrogen and oxygen atoms in total. The molecule has 0 fully saturated rings. The van der Waals surface area contributed by atoms with Gasteiger partial charge >= 0.3 is 0 Å². The lowest BCUT2D eigenvalue weighted by atomic mass is 10.2. The lowest BCUT2D eigenvalue weighted by Crippen LogP contribution is -2.34. The van der Waals surface area contributed by atoms with Gasteiger partial charge in [0.1, 0.15) is 5.75 Å². The molecule has 1 amide bonds. The number of benzene rings is 2. The van der Waals surface area contributed by atoms with Crippen molar-refractivity contribution in [1.82, 2.24) is 5.32 Å². The molecular weight excluding hydrogens is 461 g/mol. The molecule has 0 unspecified atom stereocenters. The quantitative estimate of drug-likeness (QED) is 0.475. The maximum atomic E-state index is 12.3. The highest BCUT2D eigenvalue weighted by molar-refractivity contribution is 14.1. The number of hydrogen-bond acceptors (Lipinski definition) is 4. The molecule has 0 aliphatic heterocycles. The largest absolute Gasteiger partial charge is 0.496 e. The molecule has 7 heteroatoms. The number of carbonyl (C=O) groups is 1. The molecule has 0 saturated heterocycles. The fourth-order valence-electron chi connectivity index (χ4n) is 2.49. The van der Waals surface area contributed by atoms with E-state index in [0.29, 0.717) is 5.56 Å². The Morgan fingerprint density at radius 1 is 1.15 bits per heavy atom. The van der Waals surface area contributed by atoms with Crippen molar-refractivity contribution in [2.45, 2.75) is 13.8 Å². The summed E-state index contributed by atoms with van der Waals surface area (Å²) in [5.74, 6) is 0.471. The van der Waals surface area contributed by atoms with Gasteiger partial charge in [0.25, 0.3) is 5.91 Å². The van der Waals surface area contributed by atoms with E-state index in [9.17, 15) is 4.79 Å². The summed E-state index contributed by atoms with van der Waals surface area (Å²) in [5.41, 5.74) is 2.51. The van der Waals surface area contributed by atoms with Crippen LogP contribution in [0.15, 0.2) is 42.5 Å². The predicted octanol–water partition coefficient (Wildman–Crippen LogP) is 4.27. The summed E-state index contributed by atoms with van der Waals surface area (Å²) in [6, 6.07) is 13.2. The van der Waals surface area contributed by atoms with Gasteiger partial charge in [-0.2, -0.15) is 0 Å². The lowest BCUT2D eigenvalue weighted by Gasteiger charge is -2.21. The summed E-state index contributed by atoms with van der Waals surface area (Å²) < 4.78 is 6.07. The number of thiocarbonyl (C=S) groups is 1. The van der Waals surface area contributed by atoms with Crippen molar-refractivity contribution < 1.29 is 9.53 Å². The summed E-state index contributed by atoms with van der Waals surface area (Å²) in [4.78, 5) is 14.6. The number of carbonyl (C=O) groups excluding carboxylic acids is 1. The zero-order chi connectivity index (χ0) is 19.1. The molecular formula is C19H22IN3O2S. The maximum absolute atomic E-state index is 12.3. The van der Waals surface area contributed by atoms with Crippen LogP contribution in [0.2, 0.25) is 0 Å². The van der Waals surface area contributed by atoms with Gasteiger partial charge in [-0.3, -0.25) is 10.1 Å². The second-order valence-electron chi connectivity index (χ2n) is 5.48. The Morgan fingerprint density at radius 3 is 2.35 bits per heavy atom. The van der Waals surface area contributed by atoms with Gasteiger partial charge in [-0.25, -0.2) is 0 Å². The third kappa shape index (κ3) is 5.31. The molecule has 0 radical (unpaired) electrons. The van der Waals surface area contributed by atoms with Crippen molar-refractivity contribution in [2.24, 2.45) is 0 Å². The number of halogens is 1. The molecule has 0 heterocycles. The zero-order valence-corrected chi connectivity index (χ0v) is 18.0. The van der Waals surface area contributed by atoms with E-state index in [1.165, 1.54) is 0 Å². The fraction of sp³-hybridized carbons (Fsp3) is 0.263. The summed E-state index contributed by atoms with van der Waals surface area (Å²) in [6.45, 7) is 6.16. The van der Waals surface area contributed by atoms with Crippen molar-refractivity contribution in [3.63, 3.8) is 0 Å². The minimum Gasteiger partial charge on any atom is -0.496 e. The molecule has 2 aromatic rings. The van der Waals surface area contributed by atoms with Gasteiger partial charge in [0.2, 0.25) is 0 Å². The van der Waals surface area contributed by atoms with Crippen molar-refractivity contribution in [3.8, 4) is 5.75 Å². The molecule has 2 aromatic carbocycles. The standard InChI is InChI=1S/C19H22IN3O2S/c1-4-23(5-2)15-9-7-14(8-10-15)21-19(26)22-18(24)13-6-11-17(25-3)16(20)12-13/h6-12H,4-5H2,1-3H3,(H2,21,22,24,26). The number of hydrogen-bond donors (Lipinski definition) is 2. The van der Waals surface area contributed by atoms with Crippen LogP contribution >= 0.6 is 34.8 Å². The summed E-state index contributed by atoms with van der Waals surface area (Å²) >= 11 is 7.37. The Balaban J connectivity index is 1.97. The Bertz CT molecular complexity index is 777. The number of nitrogens with one attached hydrogen (secondary N) is 2. The highest BCUT2D eigenvalue weighted by Crippen LogP contribution is 2.21. The molecule has 2 N–H and O–H groups in total. The maximum Gasteiger partial charge on any atom is 0.257 e. The first-order valence-corrected chi connectivity index (χ1v) is 9.78. The summed E-state index contributed by atoms with van der Waals surface area (Å²) in [6.07, 6.45) is 0. The summed E-state index contributed by atoms with van der Waals surface area (Å²) in [7, 11) is 1.60. The molecule has 0 atom stereocenters. The highest BCUT2D eigenvalue weighted by Gasteiger charge is 2.11. The number of anilines is 2. The van der Waals surface area contributed by atoms with Crippen molar-refractivity contribution in [2.75, 3.05) is 30.4 Å². The van der Waals surface area contributed by atoms with Gasteiger partial charge in [0, 0.05) is 30.0 Å². The molecule has 0 aromatic heterocycles. The van der Waals surface area contributed by atoms with Crippen LogP contribution in [0.3, 0.4) is 0 Å². The molecule has 26 heavy (non-hydrogen) atoms. The third-order valence-corrected chi connectivity index (χ3v) is 4.94. The monoisotopic (exact) mass is 483 g/mol. The van der Waals surface area contributed by atoms with Crippen LogP contribution in [0.1, 0.15) is 24.2 Å². The molecule has 0 spiro atoms. The van der Waals surface area contributed by atoms with E-state index in [0.717, 1.165) is 33.8 Å². The van der Waals surface area contributed by atoms with Gasteiger partial charge in [-0.1, -0.05) is 0 Å². The van der Waals surface area contributed by atoms with E-state index in [1.807, 2.05) is 24.3 Å². The SMILES string of the molecule is CCN(CC)c1ccc(NC(=S)NC(=O)c2ccc(OC)c(I)c2)cc1. The Morgan fingerprint density at radius 2 is 1.81 bits per heavy atom. The van der Waals surface area contributed by atoms with Crippen molar-refractivity contribution in [1.29, 1.82) is 0 Å². The minimum absolute atomic E-state index is 0.261. The van der Waals surface area contributed by atoms with Crippen LogP contribution in [-0.2, 0) is 0 Å². The topological polar surface area (TPSA) is 53.6 Å². The molecule has 0 aliphatic carbocycles. The molecule has 138 valence electrons. The molecule has 2 rings (SSSR count). The van der Waals surface area contributed by atoms with E-state index < -0.39 is 0 Å². The third-order valence-electron chi connectivity index (χ3n) is 3.89. The van der Waals surface area contributed by atoms with Gasteiger partial charge < -0.3 is 15.0 Å². The smallest absolute Gasteiger partial charge is 0.257 e. The second-order valence-corrected chi connectivity index (χ2v) is 7.05. The van der Waals surface area contributed by atoms with Crippen LogP contribution in [0.4, 0.5) is 11.4 Å². The Hall–Kier alpha value is -1.87. The molecule has 0 bridgehead atoms. The first-order valence-electron chi connectivity index (χ1n) is 8.29.